The first-order chi connectivity index (χ1) is 8.03. The number of carbonyl (C=O) groups is 1. The van der Waals surface area contributed by atoms with Gasteiger partial charge in [-0.15, -0.1) is 0 Å². The van der Waals surface area contributed by atoms with Crippen LogP contribution in [0.4, 0.5) is 0 Å². The van der Waals surface area contributed by atoms with E-state index in [9.17, 15) is 4.79 Å². The standard InChI is InChI=1S/C13H17NO3/c1-13(2)14-10(9-7-5-4-6-8-9)11(17-13)12(15)16-3/h4-8,10-11,14H,1-3H3/t10-,11+/m1/s1. The van der Waals surface area contributed by atoms with Crippen LogP contribution >= 0.6 is 0 Å². The maximum Gasteiger partial charge on any atom is 0.337 e. The van der Waals surface area contributed by atoms with Crippen molar-refractivity contribution >= 4 is 5.97 Å². The summed E-state index contributed by atoms with van der Waals surface area (Å²) in [6.45, 7) is 3.79. The van der Waals surface area contributed by atoms with E-state index in [1.54, 1.807) is 0 Å². The molecule has 1 heterocycles. The lowest BCUT2D eigenvalue weighted by molar-refractivity contribution is -0.157. The first-order valence-corrected chi connectivity index (χ1v) is 5.62. The number of benzene rings is 1. The van der Waals surface area contributed by atoms with Crippen molar-refractivity contribution in [1.82, 2.24) is 5.32 Å². The Morgan fingerprint density at radius 3 is 2.59 bits per heavy atom. The van der Waals surface area contributed by atoms with Crippen molar-refractivity contribution in [1.29, 1.82) is 0 Å². The fraction of sp³-hybridized carbons (Fsp3) is 0.462. The predicted octanol–water partition coefficient (Wildman–Crippen LogP) is 1.63. The molecule has 0 aliphatic carbocycles. The molecule has 1 fully saturated rings. The van der Waals surface area contributed by atoms with E-state index in [-0.39, 0.29) is 12.0 Å². The highest BCUT2D eigenvalue weighted by molar-refractivity contribution is 5.76. The van der Waals surface area contributed by atoms with Crippen molar-refractivity contribution in [2.24, 2.45) is 0 Å². The third-order valence-corrected chi connectivity index (χ3v) is 2.82. The van der Waals surface area contributed by atoms with Crippen LogP contribution in [0.1, 0.15) is 25.5 Å². The fourth-order valence-corrected chi connectivity index (χ4v) is 2.09. The Kier molecular flexibility index (Phi) is 3.17. The zero-order chi connectivity index (χ0) is 12.5. The molecule has 2 rings (SSSR count). The minimum absolute atomic E-state index is 0.168. The van der Waals surface area contributed by atoms with E-state index in [0.717, 1.165) is 5.56 Å². The molecule has 2 atom stereocenters. The van der Waals surface area contributed by atoms with Gasteiger partial charge in [0.15, 0.2) is 6.10 Å². The molecule has 0 aromatic heterocycles. The largest absolute Gasteiger partial charge is 0.467 e. The highest BCUT2D eigenvalue weighted by Crippen LogP contribution is 2.32. The zero-order valence-corrected chi connectivity index (χ0v) is 10.3. The van der Waals surface area contributed by atoms with Gasteiger partial charge in [0, 0.05) is 0 Å². The number of nitrogens with one attached hydrogen (secondary N) is 1. The van der Waals surface area contributed by atoms with Crippen molar-refractivity contribution in [3.05, 3.63) is 35.9 Å². The molecule has 1 aliphatic rings. The number of esters is 1. The monoisotopic (exact) mass is 235 g/mol. The molecule has 17 heavy (non-hydrogen) atoms. The summed E-state index contributed by atoms with van der Waals surface area (Å²) in [5.74, 6) is -0.350. The van der Waals surface area contributed by atoms with Gasteiger partial charge in [-0.1, -0.05) is 30.3 Å². The lowest BCUT2D eigenvalue weighted by atomic mass is 10.0. The van der Waals surface area contributed by atoms with Gasteiger partial charge in [0.1, 0.15) is 5.72 Å². The predicted molar refractivity (Wildman–Crippen MR) is 63.3 cm³/mol. The van der Waals surface area contributed by atoms with Crippen LogP contribution in [0.5, 0.6) is 0 Å². The van der Waals surface area contributed by atoms with Gasteiger partial charge in [-0.25, -0.2) is 4.79 Å². The molecule has 0 saturated carbocycles. The number of hydrogen-bond acceptors (Lipinski definition) is 4. The molecule has 0 spiro atoms. The van der Waals surface area contributed by atoms with Crippen LogP contribution in [-0.2, 0) is 14.3 Å². The average molecular weight is 235 g/mol. The third kappa shape index (κ3) is 2.48. The molecule has 0 amide bonds. The molecule has 1 N–H and O–H groups in total. The molecule has 92 valence electrons. The fourth-order valence-electron chi connectivity index (χ4n) is 2.09. The van der Waals surface area contributed by atoms with Gasteiger partial charge in [-0.2, -0.15) is 0 Å². The van der Waals surface area contributed by atoms with Crippen LogP contribution in [-0.4, -0.2) is 24.9 Å². The highest BCUT2D eigenvalue weighted by Gasteiger charge is 2.44. The van der Waals surface area contributed by atoms with Crippen LogP contribution in [0.25, 0.3) is 0 Å². The number of methoxy groups -OCH3 is 1. The van der Waals surface area contributed by atoms with E-state index in [1.165, 1.54) is 7.11 Å². The summed E-state index contributed by atoms with van der Waals surface area (Å²) >= 11 is 0. The highest BCUT2D eigenvalue weighted by atomic mass is 16.6. The smallest absolute Gasteiger partial charge is 0.337 e. The minimum Gasteiger partial charge on any atom is -0.467 e. The molecule has 1 saturated heterocycles. The molecule has 1 aromatic carbocycles. The van der Waals surface area contributed by atoms with Crippen LogP contribution < -0.4 is 5.32 Å². The van der Waals surface area contributed by atoms with Gasteiger partial charge in [-0.3, -0.25) is 5.32 Å². The Hall–Kier alpha value is -1.39. The number of carbonyl (C=O) groups excluding carboxylic acids is 1. The second-order valence-corrected chi connectivity index (χ2v) is 4.60. The summed E-state index contributed by atoms with van der Waals surface area (Å²) in [5, 5.41) is 3.29. The Balaban J connectivity index is 2.28. The topological polar surface area (TPSA) is 47.6 Å². The van der Waals surface area contributed by atoms with Crippen LogP contribution in [0, 0.1) is 0 Å². The first kappa shape index (κ1) is 12.1. The van der Waals surface area contributed by atoms with Crippen molar-refractivity contribution in [2.75, 3.05) is 7.11 Å². The average Bonchev–Trinajstić information content (AvgIpc) is 2.65. The maximum absolute atomic E-state index is 11.7. The molecular formula is C13H17NO3. The van der Waals surface area contributed by atoms with E-state index in [0.29, 0.717) is 0 Å². The molecule has 0 bridgehead atoms. The number of ether oxygens (including phenoxy) is 2. The van der Waals surface area contributed by atoms with E-state index >= 15 is 0 Å². The number of rotatable bonds is 2. The van der Waals surface area contributed by atoms with Gasteiger partial charge in [0.25, 0.3) is 0 Å². The second-order valence-electron chi connectivity index (χ2n) is 4.60. The minimum atomic E-state index is -0.600. The summed E-state index contributed by atoms with van der Waals surface area (Å²) < 4.78 is 10.5. The van der Waals surface area contributed by atoms with E-state index in [2.05, 4.69) is 5.32 Å². The van der Waals surface area contributed by atoms with E-state index in [4.69, 9.17) is 9.47 Å². The second kappa shape index (κ2) is 4.47. The Bertz CT molecular complexity index is 402. The normalized spacial score (nSPS) is 26.8. The summed E-state index contributed by atoms with van der Waals surface area (Å²) in [6, 6.07) is 9.60. The number of hydrogen-bond donors (Lipinski definition) is 1. The summed E-state index contributed by atoms with van der Waals surface area (Å²) in [7, 11) is 1.37. The molecular weight excluding hydrogens is 218 g/mol. The quantitative estimate of drug-likeness (QED) is 0.791. The van der Waals surface area contributed by atoms with Gasteiger partial charge in [0.05, 0.1) is 13.2 Å². The van der Waals surface area contributed by atoms with Gasteiger partial charge in [-0.05, 0) is 19.4 Å². The Morgan fingerprint density at radius 2 is 2.00 bits per heavy atom. The molecule has 4 heteroatoms. The summed E-state index contributed by atoms with van der Waals surface area (Å²) in [4.78, 5) is 11.7. The SMILES string of the molecule is COC(=O)[C@H]1OC(C)(C)N[C@@H]1c1ccccc1. The Labute approximate surface area is 101 Å². The van der Waals surface area contributed by atoms with Crippen molar-refractivity contribution in [2.45, 2.75) is 31.7 Å². The van der Waals surface area contributed by atoms with Gasteiger partial charge in [0.2, 0.25) is 0 Å². The summed E-state index contributed by atoms with van der Waals surface area (Å²) in [5.41, 5.74) is 0.493. The lowest BCUT2D eigenvalue weighted by Gasteiger charge is -2.17. The molecule has 0 unspecified atom stereocenters. The molecule has 1 aliphatic heterocycles. The maximum atomic E-state index is 11.7. The first-order valence-electron chi connectivity index (χ1n) is 5.62. The molecule has 0 radical (unpaired) electrons. The molecule has 4 nitrogen and oxygen atoms in total. The van der Waals surface area contributed by atoms with Crippen molar-refractivity contribution in [3.63, 3.8) is 0 Å². The van der Waals surface area contributed by atoms with Crippen LogP contribution in [0.3, 0.4) is 0 Å². The van der Waals surface area contributed by atoms with Gasteiger partial charge >= 0.3 is 5.97 Å². The van der Waals surface area contributed by atoms with Gasteiger partial charge < -0.3 is 9.47 Å². The van der Waals surface area contributed by atoms with Crippen LogP contribution in [0.15, 0.2) is 30.3 Å². The molecule has 1 aromatic rings. The third-order valence-electron chi connectivity index (χ3n) is 2.82. The van der Waals surface area contributed by atoms with E-state index < -0.39 is 11.8 Å². The lowest BCUT2D eigenvalue weighted by Crippen LogP contribution is -2.34. The van der Waals surface area contributed by atoms with Crippen molar-refractivity contribution in [3.8, 4) is 0 Å². The summed E-state index contributed by atoms with van der Waals surface area (Å²) in [6.07, 6.45) is -0.600. The van der Waals surface area contributed by atoms with Crippen LogP contribution in [0.2, 0.25) is 0 Å². The Morgan fingerprint density at radius 1 is 1.35 bits per heavy atom. The van der Waals surface area contributed by atoms with E-state index in [1.807, 2.05) is 44.2 Å². The van der Waals surface area contributed by atoms with Crippen molar-refractivity contribution < 1.29 is 14.3 Å². The zero-order valence-electron chi connectivity index (χ0n) is 10.3.